The largest absolute Gasteiger partial charge is 0.326 e. The molecular formula is C16H17ClN2O3S. The maximum Gasteiger partial charge on any atom is 0.242 e. The van der Waals surface area contributed by atoms with Crippen LogP contribution >= 0.6 is 11.6 Å². The van der Waals surface area contributed by atoms with Gasteiger partial charge in [0.2, 0.25) is 15.9 Å². The molecule has 0 aliphatic rings. The highest BCUT2D eigenvalue weighted by atomic mass is 35.5. The summed E-state index contributed by atoms with van der Waals surface area (Å²) < 4.78 is 26.6. The second kappa shape index (κ2) is 7.59. The molecule has 0 aliphatic carbocycles. The number of aryl methyl sites for hydroxylation is 1. The van der Waals surface area contributed by atoms with E-state index in [4.69, 9.17) is 11.6 Å². The predicted octanol–water partition coefficient (Wildman–Crippen LogP) is 2.96. The topological polar surface area (TPSA) is 75.3 Å². The van der Waals surface area contributed by atoms with Crippen LogP contribution in [0.2, 0.25) is 5.02 Å². The van der Waals surface area contributed by atoms with E-state index in [0.29, 0.717) is 5.69 Å². The average molecular weight is 353 g/mol. The number of rotatable bonds is 6. The Morgan fingerprint density at radius 2 is 1.74 bits per heavy atom. The van der Waals surface area contributed by atoms with Crippen LogP contribution in [0, 0.1) is 6.92 Å². The van der Waals surface area contributed by atoms with Crippen molar-refractivity contribution in [1.82, 2.24) is 4.72 Å². The van der Waals surface area contributed by atoms with E-state index in [1.807, 2.05) is 19.1 Å². The molecule has 2 rings (SSSR count). The van der Waals surface area contributed by atoms with Gasteiger partial charge >= 0.3 is 0 Å². The lowest BCUT2D eigenvalue weighted by molar-refractivity contribution is -0.116. The third-order valence-electron chi connectivity index (χ3n) is 3.11. The molecule has 23 heavy (non-hydrogen) atoms. The molecule has 2 aromatic rings. The summed E-state index contributed by atoms with van der Waals surface area (Å²) in [6.07, 6.45) is 0.0254. The van der Waals surface area contributed by atoms with Gasteiger partial charge in [-0.05, 0) is 31.2 Å². The number of halogens is 1. The Morgan fingerprint density at radius 1 is 1.09 bits per heavy atom. The van der Waals surface area contributed by atoms with Gasteiger partial charge in [0.1, 0.15) is 4.90 Å². The van der Waals surface area contributed by atoms with Crippen LogP contribution in [0.5, 0.6) is 0 Å². The fraction of sp³-hybridized carbons (Fsp3) is 0.188. The molecule has 0 saturated carbocycles. The van der Waals surface area contributed by atoms with E-state index in [1.54, 1.807) is 24.3 Å². The van der Waals surface area contributed by atoms with E-state index in [0.717, 1.165) is 5.56 Å². The fourth-order valence-electron chi connectivity index (χ4n) is 1.90. The van der Waals surface area contributed by atoms with Gasteiger partial charge in [0.25, 0.3) is 0 Å². The molecule has 122 valence electrons. The molecular weight excluding hydrogens is 336 g/mol. The Bertz CT molecular complexity index is 789. The van der Waals surface area contributed by atoms with Crippen molar-refractivity contribution in [2.45, 2.75) is 18.2 Å². The summed E-state index contributed by atoms with van der Waals surface area (Å²) in [6.45, 7) is 1.94. The molecule has 1 amide bonds. The first-order chi connectivity index (χ1) is 10.9. The first-order valence-corrected chi connectivity index (χ1v) is 8.85. The summed E-state index contributed by atoms with van der Waals surface area (Å²) in [4.78, 5) is 11.8. The molecule has 0 fully saturated rings. The van der Waals surface area contributed by atoms with Gasteiger partial charge in [-0.3, -0.25) is 4.79 Å². The molecule has 0 bridgehead atoms. The van der Waals surface area contributed by atoms with Gasteiger partial charge in [0.15, 0.2) is 0 Å². The molecule has 0 atom stereocenters. The molecule has 0 aliphatic heterocycles. The van der Waals surface area contributed by atoms with Crippen LogP contribution in [0.25, 0.3) is 0 Å². The lowest BCUT2D eigenvalue weighted by Crippen LogP contribution is -2.28. The SMILES string of the molecule is Cc1ccc(NC(=O)CCNS(=O)(=O)c2ccccc2Cl)cc1. The quantitative estimate of drug-likeness (QED) is 0.839. The van der Waals surface area contributed by atoms with Gasteiger partial charge in [-0.15, -0.1) is 0 Å². The molecule has 0 unspecified atom stereocenters. The number of benzene rings is 2. The van der Waals surface area contributed by atoms with E-state index in [1.165, 1.54) is 12.1 Å². The monoisotopic (exact) mass is 352 g/mol. The van der Waals surface area contributed by atoms with Crippen molar-refractivity contribution in [3.05, 3.63) is 59.1 Å². The lowest BCUT2D eigenvalue weighted by atomic mass is 10.2. The zero-order chi connectivity index (χ0) is 16.9. The van der Waals surface area contributed by atoms with Crippen molar-refractivity contribution in [3.63, 3.8) is 0 Å². The first-order valence-electron chi connectivity index (χ1n) is 6.99. The minimum Gasteiger partial charge on any atom is -0.326 e. The summed E-state index contributed by atoms with van der Waals surface area (Å²) in [5, 5.41) is 2.85. The minimum atomic E-state index is -3.73. The van der Waals surface area contributed by atoms with Gasteiger partial charge < -0.3 is 5.32 Å². The number of nitrogens with one attached hydrogen (secondary N) is 2. The number of carbonyl (C=O) groups is 1. The molecule has 0 radical (unpaired) electrons. The van der Waals surface area contributed by atoms with Crippen molar-refractivity contribution >= 4 is 33.2 Å². The van der Waals surface area contributed by atoms with Gasteiger partial charge in [0, 0.05) is 18.7 Å². The second-order valence-electron chi connectivity index (χ2n) is 4.99. The normalized spacial score (nSPS) is 11.2. The van der Waals surface area contributed by atoms with Crippen LogP contribution in [0.1, 0.15) is 12.0 Å². The summed E-state index contributed by atoms with van der Waals surface area (Å²) in [6, 6.07) is 13.5. The van der Waals surface area contributed by atoms with Crippen LogP contribution in [-0.2, 0) is 14.8 Å². The molecule has 5 nitrogen and oxygen atoms in total. The lowest BCUT2D eigenvalue weighted by Gasteiger charge is -2.09. The van der Waals surface area contributed by atoms with E-state index >= 15 is 0 Å². The van der Waals surface area contributed by atoms with Crippen molar-refractivity contribution in [3.8, 4) is 0 Å². The van der Waals surface area contributed by atoms with Gasteiger partial charge in [-0.2, -0.15) is 0 Å². The van der Waals surface area contributed by atoms with Crippen LogP contribution in [0.3, 0.4) is 0 Å². The third kappa shape index (κ3) is 5.06. The van der Waals surface area contributed by atoms with E-state index < -0.39 is 10.0 Å². The number of hydrogen-bond donors (Lipinski definition) is 2. The molecule has 0 heterocycles. The van der Waals surface area contributed by atoms with Crippen LogP contribution in [0.4, 0.5) is 5.69 Å². The number of sulfonamides is 1. The van der Waals surface area contributed by atoms with Crippen molar-refractivity contribution in [1.29, 1.82) is 0 Å². The fourth-order valence-corrected chi connectivity index (χ4v) is 3.45. The van der Waals surface area contributed by atoms with E-state index in [9.17, 15) is 13.2 Å². The van der Waals surface area contributed by atoms with Crippen molar-refractivity contribution < 1.29 is 13.2 Å². The predicted molar refractivity (Wildman–Crippen MR) is 91.1 cm³/mol. The third-order valence-corrected chi connectivity index (χ3v) is 5.07. The molecule has 0 saturated heterocycles. The summed E-state index contributed by atoms with van der Waals surface area (Å²) in [5.41, 5.74) is 1.77. The number of carbonyl (C=O) groups excluding carboxylic acids is 1. The average Bonchev–Trinajstić information content (AvgIpc) is 2.49. The maximum absolute atomic E-state index is 12.1. The summed E-state index contributed by atoms with van der Waals surface area (Å²) in [7, 11) is -3.73. The Balaban J connectivity index is 1.88. The van der Waals surface area contributed by atoms with Crippen LogP contribution in [-0.4, -0.2) is 20.9 Å². The number of anilines is 1. The van der Waals surface area contributed by atoms with Gasteiger partial charge in [-0.1, -0.05) is 41.4 Å². The zero-order valence-corrected chi connectivity index (χ0v) is 14.1. The molecule has 0 spiro atoms. The van der Waals surface area contributed by atoms with Crippen molar-refractivity contribution in [2.24, 2.45) is 0 Å². The highest BCUT2D eigenvalue weighted by molar-refractivity contribution is 7.89. The standard InChI is InChI=1S/C16H17ClN2O3S/c1-12-6-8-13(9-7-12)19-16(20)10-11-18-23(21,22)15-5-3-2-4-14(15)17/h2-9,18H,10-11H2,1H3,(H,19,20). The zero-order valence-electron chi connectivity index (χ0n) is 12.5. The number of hydrogen-bond acceptors (Lipinski definition) is 3. The second-order valence-corrected chi connectivity index (χ2v) is 7.13. The molecule has 7 heteroatoms. The smallest absolute Gasteiger partial charge is 0.242 e. The minimum absolute atomic E-state index is 0.000564. The number of amides is 1. The molecule has 2 aromatic carbocycles. The Morgan fingerprint density at radius 3 is 2.39 bits per heavy atom. The van der Waals surface area contributed by atoms with Crippen LogP contribution in [0.15, 0.2) is 53.4 Å². The first kappa shape index (κ1) is 17.5. The Hall–Kier alpha value is -1.89. The highest BCUT2D eigenvalue weighted by Crippen LogP contribution is 2.20. The van der Waals surface area contributed by atoms with Gasteiger partial charge in [-0.25, -0.2) is 13.1 Å². The molecule has 0 aromatic heterocycles. The van der Waals surface area contributed by atoms with Gasteiger partial charge in [0.05, 0.1) is 5.02 Å². The maximum atomic E-state index is 12.1. The van der Waals surface area contributed by atoms with Crippen LogP contribution < -0.4 is 10.0 Å². The van der Waals surface area contributed by atoms with Crippen molar-refractivity contribution in [2.75, 3.05) is 11.9 Å². The van der Waals surface area contributed by atoms with E-state index in [2.05, 4.69) is 10.0 Å². The Kier molecular flexibility index (Phi) is 5.76. The highest BCUT2D eigenvalue weighted by Gasteiger charge is 2.17. The van der Waals surface area contributed by atoms with E-state index in [-0.39, 0.29) is 28.8 Å². The Labute approximate surface area is 140 Å². The summed E-state index contributed by atoms with van der Waals surface area (Å²) in [5.74, 6) is -0.268. The molecule has 2 N–H and O–H groups in total. The summed E-state index contributed by atoms with van der Waals surface area (Å²) >= 11 is 5.87.